The Morgan fingerprint density at radius 3 is 2.62 bits per heavy atom. The highest BCUT2D eigenvalue weighted by Gasteiger charge is 2.26. The Kier molecular flexibility index (Phi) is 3.62. The number of hydrogen-bond acceptors (Lipinski definition) is 2. The minimum absolute atomic E-state index is 0.0316. The molecule has 1 aromatic heterocycles. The van der Waals surface area contributed by atoms with Crippen LogP contribution in [0.4, 0.5) is 5.69 Å². The van der Waals surface area contributed by atoms with Crippen molar-refractivity contribution in [3.63, 3.8) is 0 Å². The molecular formula is C19H16ClN3O. The molecule has 4 rings (SSSR count). The number of hydrogen-bond donors (Lipinski definition) is 0. The summed E-state index contributed by atoms with van der Waals surface area (Å²) in [4.78, 5) is 14.9. The summed E-state index contributed by atoms with van der Waals surface area (Å²) in [5, 5.41) is 4.97. The first-order valence-corrected chi connectivity index (χ1v) is 8.16. The van der Waals surface area contributed by atoms with Gasteiger partial charge in [0.25, 0.3) is 5.91 Å². The van der Waals surface area contributed by atoms with E-state index in [-0.39, 0.29) is 5.91 Å². The van der Waals surface area contributed by atoms with Crippen LogP contribution >= 0.6 is 11.6 Å². The fraction of sp³-hybridized carbons (Fsp3) is 0.158. The van der Waals surface area contributed by atoms with Gasteiger partial charge in [-0.25, -0.2) is 0 Å². The molecule has 1 aliphatic heterocycles. The number of para-hydroxylation sites is 1. The number of benzene rings is 2. The first-order chi connectivity index (χ1) is 11.6. The molecule has 0 atom stereocenters. The Morgan fingerprint density at radius 1 is 1.08 bits per heavy atom. The molecule has 5 heteroatoms. The molecule has 2 aromatic carbocycles. The number of fused-ring (bicyclic) bond motifs is 2. The number of carbonyl (C=O) groups excluding carboxylic acids is 1. The highest BCUT2D eigenvalue weighted by Crippen LogP contribution is 2.31. The zero-order valence-corrected chi connectivity index (χ0v) is 14.0. The summed E-state index contributed by atoms with van der Waals surface area (Å²) in [6.45, 7) is 0.516. The lowest BCUT2D eigenvalue weighted by Gasteiger charge is -2.23. The van der Waals surface area contributed by atoms with Crippen LogP contribution in [0, 0.1) is 0 Å². The molecule has 0 spiro atoms. The Morgan fingerprint density at radius 2 is 1.83 bits per heavy atom. The third-order valence-electron chi connectivity index (χ3n) is 4.45. The van der Waals surface area contributed by atoms with E-state index < -0.39 is 0 Å². The SMILES string of the molecule is Cn1ncc2c1Cc1ccccc1N(C(=O)c1ccc(Cl)cc1)C2. The fourth-order valence-corrected chi connectivity index (χ4v) is 3.28. The summed E-state index contributed by atoms with van der Waals surface area (Å²) in [5.41, 5.74) is 4.93. The molecular weight excluding hydrogens is 322 g/mol. The molecule has 3 aromatic rings. The van der Waals surface area contributed by atoms with Gasteiger partial charge < -0.3 is 4.90 Å². The average Bonchev–Trinajstić information content (AvgIpc) is 2.85. The Labute approximate surface area is 145 Å². The molecule has 0 unspecified atom stereocenters. The van der Waals surface area contributed by atoms with Crippen LogP contribution < -0.4 is 4.90 Å². The number of anilines is 1. The first-order valence-electron chi connectivity index (χ1n) is 7.78. The van der Waals surface area contributed by atoms with Crippen LogP contribution in [-0.4, -0.2) is 15.7 Å². The van der Waals surface area contributed by atoms with Gasteiger partial charge in [-0.05, 0) is 35.9 Å². The normalized spacial score (nSPS) is 13.2. The van der Waals surface area contributed by atoms with E-state index in [1.807, 2.05) is 41.0 Å². The van der Waals surface area contributed by atoms with E-state index in [9.17, 15) is 4.79 Å². The maximum atomic E-state index is 13.1. The summed E-state index contributed by atoms with van der Waals surface area (Å²) >= 11 is 5.94. The molecule has 0 saturated heterocycles. The molecule has 0 bridgehead atoms. The second kappa shape index (κ2) is 5.80. The molecule has 0 N–H and O–H groups in total. The summed E-state index contributed by atoms with van der Waals surface area (Å²) in [6, 6.07) is 15.1. The zero-order valence-electron chi connectivity index (χ0n) is 13.2. The van der Waals surface area contributed by atoms with Gasteiger partial charge in [0.2, 0.25) is 0 Å². The van der Waals surface area contributed by atoms with Gasteiger partial charge in [0, 0.05) is 41.0 Å². The van der Waals surface area contributed by atoms with Crippen molar-refractivity contribution in [1.82, 2.24) is 9.78 Å². The summed E-state index contributed by atoms with van der Waals surface area (Å²) in [7, 11) is 1.94. The standard InChI is InChI=1S/C19H16ClN3O/c1-22-18-10-14-4-2-3-5-17(14)23(12-15(18)11-21-22)19(24)13-6-8-16(20)9-7-13/h2-9,11H,10,12H2,1H3. The Bertz CT molecular complexity index is 915. The Balaban J connectivity index is 1.81. The maximum Gasteiger partial charge on any atom is 0.258 e. The van der Waals surface area contributed by atoms with Crippen LogP contribution in [0.1, 0.15) is 27.2 Å². The predicted molar refractivity (Wildman–Crippen MR) is 94.4 cm³/mol. The molecule has 0 fully saturated rings. The zero-order chi connectivity index (χ0) is 16.7. The quantitative estimate of drug-likeness (QED) is 0.677. The van der Waals surface area contributed by atoms with Gasteiger partial charge >= 0.3 is 0 Å². The molecule has 4 nitrogen and oxygen atoms in total. The maximum absolute atomic E-state index is 13.1. The third kappa shape index (κ3) is 2.49. The van der Waals surface area contributed by atoms with Crippen LogP contribution in [-0.2, 0) is 20.0 Å². The smallest absolute Gasteiger partial charge is 0.258 e. The van der Waals surface area contributed by atoms with E-state index in [0.717, 1.165) is 28.9 Å². The second-order valence-electron chi connectivity index (χ2n) is 5.94. The highest BCUT2D eigenvalue weighted by atomic mass is 35.5. The summed E-state index contributed by atoms with van der Waals surface area (Å²) < 4.78 is 1.89. The number of amides is 1. The van der Waals surface area contributed by atoms with Crippen molar-refractivity contribution in [2.75, 3.05) is 4.90 Å². The third-order valence-corrected chi connectivity index (χ3v) is 4.71. The molecule has 24 heavy (non-hydrogen) atoms. The van der Waals surface area contributed by atoms with Crippen LogP contribution in [0.25, 0.3) is 0 Å². The van der Waals surface area contributed by atoms with E-state index in [4.69, 9.17) is 11.6 Å². The monoisotopic (exact) mass is 337 g/mol. The fourth-order valence-electron chi connectivity index (χ4n) is 3.16. The topological polar surface area (TPSA) is 38.1 Å². The average molecular weight is 338 g/mol. The van der Waals surface area contributed by atoms with Crippen molar-refractivity contribution in [1.29, 1.82) is 0 Å². The van der Waals surface area contributed by atoms with E-state index in [1.165, 1.54) is 0 Å². The number of rotatable bonds is 1. The van der Waals surface area contributed by atoms with Crippen LogP contribution in [0.2, 0.25) is 5.02 Å². The van der Waals surface area contributed by atoms with Gasteiger partial charge in [-0.2, -0.15) is 5.10 Å². The van der Waals surface area contributed by atoms with Crippen molar-refractivity contribution >= 4 is 23.2 Å². The second-order valence-corrected chi connectivity index (χ2v) is 6.38. The van der Waals surface area contributed by atoms with Crippen molar-refractivity contribution in [3.8, 4) is 0 Å². The molecule has 0 radical (unpaired) electrons. The van der Waals surface area contributed by atoms with Crippen molar-refractivity contribution in [3.05, 3.63) is 82.1 Å². The molecule has 0 saturated carbocycles. The lowest BCUT2D eigenvalue weighted by Crippen LogP contribution is -2.30. The number of carbonyl (C=O) groups is 1. The number of aromatic nitrogens is 2. The number of halogens is 1. The largest absolute Gasteiger partial charge is 0.304 e. The van der Waals surface area contributed by atoms with Gasteiger partial charge in [-0.15, -0.1) is 0 Å². The van der Waals surface area contributed by atoms with E-state index in [1.54, 1.807) is 24.3 Å². The molecule has 0 aliphatic carbocycles. The summed E-state index contributed by atoms with van der Waals surface area (Å²) in [6.07, 6.45) is 2.62. The minimum atomic E-state index is -0.0316. The van der Waals surface area contributed by atoms with Gasteiger partial charge in [0.15, 0.2) is 0 Å². The predicted octanol–water partition coefficient (Wildman–Crippen LogP) is 3.82. The van der Waals surface area contributed by atoms with Crippen molar-refractivity contribution in [2.45, 2.75) is 13.0 Å². The van der Waals surface area contributed by atoms with Crippen molar-refractivity contribution in [2.24, 2.45) is 7.05 Å². The van der Waals surface area contributed by atoms with Crippen LogP contribution in [0.15, 0.2) is 54.7 Å². The number of aryl methyl sites for hydroxylation is 1. The van der Waals surface area contributed by atoms with Crippen molar-refractivity contribution < 1.29 is 4.79 Å². The molecule has 120 valence electrons. The lowest BCUT2D eigenvalue weighted by atomic mass is 10.1. The van der Waals surface area contributed by atoms with Crippen LogP contribution in [0.3, 0.4) is 0 Å². The van der Waals surface area contributed by atoms with Gasteiger partial charge in [0.05, 0.1) is 12.7 Å². The molecule has 1 amide bonds. The van der Waals surface area contributed by atoms with E-state index in [0.29, 0.717) is 17.1 Å². The highest BCUT2D eigenvalue weighted by molar-refractivity contribution is 6.30. The minimum Gasteiger partial charge on any atom is -0.304 e. The van der Waals surface area contributed by atoms with Gasteiger partial charge in [0.1, 0.15) is 0 Å². The lowest BCUT2D eigenvalue weighted by molar-refractivity contribution is 0.0985. The number of nitrogens with zero attached hydrogens (tertiary/aromatic N) is 3. The molecule has 1 aliphatic rings. The first kappa shape index (κ1) is 15.0. The van der Waals surface area contributed by atoms with Crippen LogP contribution in [0.5, 0.6) is 0 Å². The van der Waals surface area contributed by atoms with E-state index in [2.05, 4.69) is 11.2 Å². The van der Waals surface area contributed by atoms with E-state index >= 15 is 0 Å². The molecule has 2 heterocycles. The summed E-state index contributed by atoms with van der Waals surface area (Å²) in [5.74, 6) is -0.0316. The van der Waals surface area contributed by atoms with Gasteiger partial charge in [-0.3, -0.25) is 9.48 Å². The Hall–Kier alpha value is -2.59. The van der Waals surface area contributed by atoms with Gasteiger partial charge in [-0.1, -0.05) is 29.8 Å².